The fraction of sp³-hybridized carbons (Fsp3) is 0.250. The summed E-state index contributed by atoms with van der Waals surface area (Å²) in [6, 6.07) is 13.5. The second kappa shape index (κ2) is 6.59. The second-order valence-electron chi connectivity index (χ2n) is 6.89. The number of aromatic amines is 1. The number of hydrogen-bond donors (Lipinski definition) is 2. The Balaban J connectivity index is 2.04. The molecular formula is C20H21FN2O2. The summed E-state index contributed by atoms with van der Waals surface area (Å²) in [5.41, 5.74) is 1.46. The van der Waals surface area contributed by atoms with E-state index in [-0.39, 0.29) is 5.82 Å². The molecule has 3 rings (SSSR count). The number of halogens is 1. The molecule has 130 valence electrons. The van der Waals surface area contributed by atoms with E-state index < -0.39 is 17.7 Å². The summed E-state index contributed by atoms with van der Waals surface area (Å²) in [7, 11) is 0. The molecule has 3 aromatic rings. The molecule has 1 unspecified atom stereocenters. The van der Waals surface area contributed by atoms with Crippen LogP contribution in [0.25, 0.3) is 10.9 Å². The third-order valence-corrected chi connectivity index (χ3v) is 3.81. The number of carbonyl (C=O) groups is 1. The van der Waals surface area contributed by atoms with Crippen molar-refractivity contribution < 1.29 is 13.9 Å². The molecule has 0 aliphatic carbocycles. The van der Waals surface area contributed by atoms with Gasteiger partial charge in [-0.3, -0.25) is 0 Å². The molecule has 1 amide bonds. The zero-order valence-corrected chi connectivity index (χ0v) is 14.5. The molecule has 1 aromatic heterocycles. The Bertz CT molecular complexity index is 896. The van der Waals surface area contributed by atoms with Gasteiger partial charge in [-0.1, -0.05) is 36.4 Å². The molecule has 1 heterocycles. The number of H-pyrrole nitrogens is 1. The van der Waals surface area contributed by atoms with Crippen molar-refractivity contribution in [2.45, 2.75) is 32.4 Å². The largest absolute Gasteiger partial charge is 0.444 e. The van der Waals surface area contributed by atoms with Crippen LogP contribution >= 0.6 is 0 Å². The summed E-state index contributed by atoms with van der Waals surface area (Å²) in [6.45, 7) is 5.36. The van der Waals surface area contributed by atoms with Crippen molar-refractivity contribution in [1.82, 2.24) is 10.3 Å². The van der Waals surface area contributed by atoms with Gasteiger partial charge in [0, 0.05) is 28.2 Å². The third-order valence-electron chi connectivity index (χ3n) is 3.81. The molecule has 0 saturated heterocycles. The molecule has 0 radical (unpaired) electrons. The smallest absolute Gasteiger partial charge is 0.408 e. The first-order valence-electron chi connectivity index (χ1n) is 8.15. The van der Waals surface area contributed by atoms with Crippen LogP contribution in [0.1, 0.15) is 37.9 Å². The average molecular weight is 340 g/mol. The molecule has 2 aromatic carbocycles. The van der Waals surface area contributed by atoms with Crippen molar-refractivity contribution in [3.8, 4) is 0 Å². The fourth-order valence-electron chi connectivity index (χ4n) is 2.79. The van der Waals surface area contributed by atoms with Crippen molar-refractivity contribution >= 4 is 17.0 Å². The van der Waals surface area contributed by atoms with E-state index in [0.29, 0.717) is 5.56 Å². The summed E-state index contributed by atoms with van der Waals surface area (Å²) in [5.74, 6) is -0.381. The molecule has 0 spiro atoms. The van der Waals surface area contributed by atoms with Crippen molar-refractivity contribution in [2.24, 2.45) is 0 Å². The minimum atomic E-state index is -0.660. The number of alkyl carbamates (subject to hydrolysis) is 1. The molecule has 25 heavy (non-hydrogen) atoms. The van der Waals surface area contributed by atoms with Crippen molar-refractivity contribution in [1.29, 1.82) is 0 Å². The Labute approximate surface area is 146 Å². The molecule has 0 aliphatic rings. The van der Waals surface area contributed by atoms with Crippen LogP contribution in [0.15, 0.2) is 54.7 Å². The maximum absolute atomic E-state index is 14.4. The summed E-state index contributed by atoms with van der Waals surface area (Å²) < 4.78 is 19.8. The van der Waals surface area contributed by atoms with E-state index in [1.807, 2.05) is 24.3 Å². The number of rotatable bonds is 3. The maximum Gasteiger partial charge on any atom is 0.408 e. The van der Waals surface area contributed by atoms with E-state index in [1.165, 1.54) is 6.07 Å². The van der Waals surface area contributed by atoms with E-state index in [9.17, 15) is 9.18 Å². The number of nitrogens with one attached hydrogen (secondary N) is 2. The van der Waals surface area contributed by atoms with Crippen molar-refractivity contribution in [2.75, 3.05) is 0 Å². The minimum Gasteiger partial charge on any atom is -0.444 e. The zero-order chi connectivity index (χ0) is 18.0. The number of benzene rings is 2. The number of amides is 1. The maximum atomic E-state index is 14.4. The van der Waals surface area contributed by atoms with Crippen LogP contribution in [-0.4, -0.2) is 16.7 Å². The number of para-hydroxylation sites is 1. The van der Waals surface area contributed by atoms with Gasteiger partial charge in [0.05, 0.1) is 6.04 Å². The van der Waals surface area contributed by atoms with Gasteiger partial charge in [0.2, 0.25) is 0 Å². The number of hydrogen-bond acceptors (Lipinski definition) is 2. The molecule has 4 nitrogen and oxygen atoms in total. The first-order valence-corrected chi connectivity index (χ1v) is 8.15. The Morgan fingerprint density at radius 1 is 1.08 bits per heavy atom. The number of aromatic nitrogens is 1. The fourth-order valence-corrected chi connectivity index (χ4v) is 2.79. The molecule has 5 heteroatoms. The first kappa shape index (κ1) is 17.0. The van der Waals surface area contributed by atoms with Gasteiger partial charge in [-0.05, 0) is 32.9 Å². The Morgan fingerprint density at radius 2 is 1.76 bits per heavy atom. The van der Waals surface area contributed by atoms with Gasteiger partial charge in [-0.25, -0.2) is 9.18 Å². The number of ether oxygens (including phenoxy) is 1. The van der Waals surface area contributed by atoms with Crippen LogP contribution in [-0.2, 0) is 4.74 Å². The predicted molar refractivity (Wildman–Crippen MR) is 95.9 cm³/mol. The van der Waals surface area contributed by atoms with Crippen LogP contribution < -0.4 is 5.32 Å². The van der Waals surface area contributed by atoms with Crippen LogP contribution in [0.5, 0.6) is 0 Å². The Kier molecular flexibility index (Phi) is 4.49. The summed E-state index contributed by atoms with van der Waals surface area (Å²) >= 11 is 0. The summed E-state index contributed by atoms with van der Waals surface area (Å²) in [5, 5.41) is 3.73. The third kappa shape index (κ3) is 3.82. The lowest BCUT2D eigenvalue weighted by molar-refractivity contribution is 0.0512. The highest BCUT2D eigenvalue weighted by molar-refractivity contribution is 5.84. The molecule has 0 saturated carbocycles. The van der Waals surface area contributed by atoms with E-state index in [0.717, 1.165) is 16.5 Å². The highest BCUT2D eigenvalue weighted by Crippen LogP contribution is 2.30. The quantitative estimate of drug-likeness (QED) is 0.711. The second-order valence-corrected chi connectivity index (χ2v) is 6.89. The van der Waals surface area contributed by atoms with Crippen molar-refractivity contribution in [3.05, 3.63) is 71.7 Å². The standard InChI is InChI=1S/C20H21FN2O2/c1-20(2,3)25-19(24)23-18(14-9-4-6-10-16(14)21)15-12-22-17-11-7-5-8-13(15)17/h4-12,18,22H,1-3H3,(H,23,24). The molecule has 1 atom stereocenters. The first-order chi connectivity index (χ1) is 11.8. The van der Waals surface area contributed by atoms with Gasteiger partial charge in [-0.2, -0.15) is 0 Å². The van der Waals surface area contributed by atoms with E-state index in [1.54, 1.807) is 45.2 Å². The van der Waals surface area contributed by atoms with E-state index >= 15 is 0 Å². The van der Waals surface area contributed by atoms with Gasteiger partial charge in [0.25, 0.3) is 0 Å². The van der Waals surface area contributed by atoms with Crippen LogP contribution in [0.3, 0.4) is 0 Å². The van der Waals surface area contributed by atoms with Gasteiger partial charge >= 0.3 is 6.09 Å². The van der Waals surface area contributed by atoms with Crippen LogP contribution in [0.4, 0.5) is 9.18 Å². The predicted octanol–water partition coefficient (Wildman–Crippen LogP) is 4.92. The lowest BCUT2D eigenvalue weighted by Crippen LogP contribution is -2.35. The SMILES string of the molecule is CC(C)(C)OC(=O)NC(c1ccccc1F)c1c[nH]c2ccccc12. The van der Waals surface area contributed by atoms with Crippen molar-refractivity contribution in [3.63, 3.8) is 0 Å². The monoisotopic (exact) mass is 340 g/mol. The summed E-state index contributed by atoms with van der Waals surface area (Å²) in [4.78, 5) is 15.5. The minimum absolute atomic E-state index is 0.381. The zero-order valence-electron chi connectivity index (χ0n) is 14.5. The van der Waals surface area contributed by atoms with Crippen LogP contribution in [0.2, 0.25) is 0 Å². The van der Waals surface area contributed by atoms with E-state index in [2.05, 4.69) is 10.3 Å². The Morgan fingerprint density at radius 3 is 2.48 bits per heavy atom. The molecule has 0 fully saturated rings. The summed E-state index contributed by atoms with van der Waals surface area (Å²) in [6.07, 6.45) is 1.20. The van der Waals surface area contributed by atoms with Crippen LogP contribution in [0, 0.1) is 5.82 Å². The molecule has 2 N–H and O–H groups in total. The van der Waals surface area contributed by atoms with E-state index in [4.69, 9.17) is 4.74 Å². The highest BCUT2D eigenvalue weighted by Gasteiger charge is 2.25. The highest BCUT2D eigenvalue weighted by atomic mass is 19.1. The number of carbonyl (C=O) groups excluding carboxylic acids is 1. The van der Waals surface area contributed by atoms with Gasteiger partial charge < -0.3 is 15.0 Å². The molecule has 0 aliphatic heterocycles. The average Bonchev–Trinajstić information content (AvgIpc) is 2.95. The molecular weight excluding hydrogens is 319 g/mol. The Hall–Kier alpha value is -2.82. The lowest BCUT2D eigenvalue weighted by atomic mass is 9.98. The van der Waals surface area contributed by atoms with Gasteiger partial charge in [0.1, 0.15) is 11.4 Å². The topological polar surface area (TPSA) is 54.1 Å². The van der Waals surface area contributed by atoms with Gasteiger partial charge in [0.15, 0.2) is 0 Å². The molecule has 0 bridgehead atoms. The lowest BCUT2D eigenvalue weighted by Gasteiger charge is -2.24. The van der Waals surface area contributed by atoms with Gasteiger partial charge in [-0.15, -0.1) is 0 Å². The number of fused-ring (bicyclic) bond motifs is 1. The normalized spacial score (nSPS) is 12.8.